The molecule has 2 aliphatic rings. The predicted molar refractivity (Wildman–Crippen MR) is 80.4 cm³/mol. The summed E-state index contributed by atoms with van der Waals surface area (Å²) in [6, 6.07) is 8.36. The van der Waals surface area contributed by atoms with Gasteiger partial charge in [0, 0.05) is 12.1 Å². The van der Waals surface area contributed by atoms with Crippen LogP contribution in [0.1, 0.15) is 48.9 Å². The molecule has 1 aromatic carbocycles. The van der Waals surface area contributed by atoms with Gasteiger partial charge in [-0.25, -0.2) is 0 Å². The minimum atomic E-state index is 0.504. The minimum absolute atomic E-state index is 0.504. The van der Waals surface area contributed by atoms with E-state index >= 15 is 0 Å². The van der Waals surface area contributed by atoms with Crippen LogP contribution in [0.3, 0.4) is 0 Å². The van der Waals surface area contributed by atoms with Crippen molar-refractivity contribution >= 4 is 11.8 Å². The van der Waals surface area contributed by atoms with Crippen molar-refractivity contribution in [1.29, 1.82) is 0 Å². The van der Waals surface area contributed by atoms with E-state index in [0.717, 1.165) is 6.04 Å². The molecule has 1 unspecified atom stereocenters. The molecule has 0 spiro atoms. The van der Waals surface area contributed by atoms with Crippen LogP contribution in [0, 0.1) is 0 Å². The molecule has 3 rings (SSSR count). The third-order valence-corrected chi connectivity index (χ3v) is 5.38. The molecule has 98 valence electrons. The van der Waals surface area contributed by atoms with Gasteiger partial charge in [0.1, 0.15) is 0 Å². The normalized spacial score (nSPS) is 21.8. The first-order chi connectivity index (χ1) is 8.83. The second-order valence-electron chi connectivity index (χ2n) is 5.66. The van der Waals surface area contributed by atoms with E-state index in [2.05, 4.69) is 42.2 Å². The number of fused-ring (bicyclic) bond motifs is 1. The number of hydrogen-bond acceptors (Lipinski definition) is 2. The van der Waals surface area contributed by atoms with Crippen molar-refractivity contribution in [1.82, 2.24) is 5.32 Å². The topological polar surface area (TPSA) is 12.0 Å². The van der Waals surface area contributed by atoms with Crippen LogP contribution in [0.5, 0.6) is 0 Å². The number of nitrogens with one attached hydrogen (secondary N) is 1. The molecule has 1 atom stereocenters. The average Bonchev–Trinajstić information content (AvgIpc) is 2.87. The molecule has 0 amide bonds. The van der Waals surface area contributed by atoms with Crippen molar-refractivity contribution in [2.75, 3.05) is 11.5 Å². The Kier molecular flexibility index (Phi) is 3.95. The Bertz CT molecular complexity index is 410. The summed E-state index contributed by atoms with van der Waals surface area (Å²) in [6.07, 6.45) is 6.59. The lowest BCUT2D eigenvalue weighted by atomic mass is 10.0. The highest BCUT2D eigenvalue weighted by Crippen LogP contribution is 2.26. The van der Waals surface area contributed by atoms with E-state index in [1.165, 1.54) is 49.2 Å². The fourth-order valence-electron chi connectivity index (χ4n) is 3.18. The first-order valence-corrected chi connectivity index (χ1v) is 8.44. The summed E-state index contributed by atoms with van der Waals surface area (Å²) in [5.41, 5.74) is 4.66. The van der Waals surface area contributed by atoms with Crippen molar-refractivity contribution in [2.45, 2.75) is 51.1 Å². The maximum Gasteiger partial charge on any atom is 0.0294 e. The molecule has 18 heavy (non-hydrogen) atoms. The third kappa shape index (κ3) is 2.75. The lowest BCUT2D eigenvalue weighted by molar-refractivity contribution is 0.431. The third-order valence-electron chi connectivity index (χ3n) is 4.33. The molecule has 0 bridgehead atoms. The van der Waals surface area contributed by atoms with Crippen molar-refractivity contribution in [2.24, 2.45) is 0 Å². The maximum atomic E-state index is 3.81. The lowest BCUT2D eigenvalue weighted by Crippen LogP contribution is -2.34. The Morgan fingerprint density at radius 3 is 2.78 bits per heavy atom. The van der Waals surface area contributed by atoms with E-state index in [4.69, 9.17) is 0 Å². The van der Waals surface area contributed by atoms with Gasteiger partial charge in [0.05, 0.1) is 0 Å². The Labute approximate surface area is 115 Å². The fraction of sp³-hybridized carbons (Fsp3) is 0.625. The summed E-state index contributed by atoms with van der Waals surface area (Å²) in [5.74, 6) is 2.66. The molecule has 1 N–H and O–H groups in total. The second kappa shape index (κ2) is 5.66. The van der Waals surface area contributed by atoms with Gasteiger partial charge < -0.3 is 5.32 Å². The van der Waals surface area contributed by atoms with Crippen molar-refractivity contribution in [3.8, 4) is 0 Å². The van der Waals surface area contributed by atoms with Gasteiger partial charge in [0.25, 0.3) is 0 Å². The van der Waals surface area contributed by atoms with Gasteiger partial charge in [-0.05, 0) is 67.2 Å². The number of rotatable bonds is 3. The molecule has 1 aromatic rings. The smallest absolute Gasteiger partial charge is 0.0294 e. The molecule has 1 saturated heterocycles. The van der Waals surface area contributed by atoms with Gasteiger partial charge in [-0.15, -0.1) is 0 Å². The van der Waals surface area contributed by atoms with Crippen LogP contribution in [-0.2, 0) is 12.8 Å². The predicted octanol–water partition coefficient (Wildman–Crippen LogP) is 3.72. The Morgan fingerprint density at radius 1 is 1.17 bits per heavy atom. The molecule has 1 nitrogen and oxygen atoms in total. The van der Waals surface area contributed by atoms with Crippen LogP contribution in [0.25, 0.3) is 0 Å². The minimum Gasteiger partial charge on any atom is -0.307 e. The molecule has 1 aliphatic carbocycles. The fourth-order valence-corrected chi connectivity index (χ4v) is 4.28. The first kappa shape index (κ1) is 12.6. The molecule has 1 fully saturated rings. The number of hydrogen-bond donors (Lipinski definition) is 1. The summed E-state index contributed by atoms with van der Waals surface area (Å²) in [4.78, 5) is 0. The highest BCUT2D eigenvalue weighted by molar-refractivity contribution is 7.99. The van der Waals surface area contributed by atoms with Crippen LogP contribution in [0.2, 0.25) is 0 Å². The van der Waals surface area contributed by atoms with Crippen LogP contribution >= 0.6 is 11.8 Å². The van der Waals surface area contributed by atoms with Gasteiger partial charge in [-0.1, -0.05) is 18.2 Å². The number of thioether (sulfide) groups is 1. The zero-order valence-electron chi connectivity index (χ0n) is 11.2. The van der Waals surface area contributed by atoms with Gasteiger partial charge >= 0.3 is 0 Å². The lowest BCUT2D eigenvalue weighted by Gasteiger charge is -2.27. The molecule has 1 heterocycles. The number of aryl methyl sites for hydroxylation is 2. The average molecular weight is 261 g/mol. The van der Waals surface area contributed by atoms with E-state index in [9.17, 15) is 0 Å². The maximum absolute atomic E-state index is 3.81. The Morgan fingerprint density at radius 2 is 1.94 bits per heavy atom. The van der Waals surface area contributed by atoms with E-state index < -0.39 is 0 Å². The monoisotopic (exact) mass is 261 g/mol. The number of benzene rings is 1. The summed E-state index contributed by atoms with van der Waals surface area (Å²) < 4.78 is 0. The van der Waals surface area contributed by atoms with Crippen LogP contribution < -0.4 is 5.32 Å². The first-order valence-electron chi connectivity index (χ1n) is 7.28. The van der Waals surface area contributed by atoms with Gasteiger partial charge in [-0.2, -0.15) is 11.8 Å². The summed E-state index contributed by atoms with van der Waals surface area (Å²) in [5, 5.41) is 3.81. The van der Waals surface area contributed by atoms with E-state index in [0.29, 0.717) is 6.04 Å². The molecule has 0 radical (unpaired) electrons. The van der Waals surface area contributed by atoms with Crippen LogP contribution in [0.15, 0.2) is 18.2 Å². The van der Waals surface area contributed by atoms with E-state index in [1.807, 2.05) is 0 Å². The van der Waals surface area contributed by atoms with Crippen molar-refractivity contribution in [3.05, 3.63) is 34.9 Å². The molecular formula is C16H23NS. The van der Waals surface area contributed by atoms with Gasteiger partial charge in [-0.3, -0.25) is 0 Å². The molecule has 1 aliphatic heterocycles. The van der Waals surface area contributed by atoms with Crippen LogP contribution in [-0.4, -0.2) is 17.5 Å². The van der Waals surface area contributed by atoms with Crippen molar-refractivity contribution < 1.29 is 0 Å². The molecular weight excluding hydrogens is 238 g/mol. The standard InChI is InChI=1S/C16H23NS/c1-12(17-16-7-9-18-10-8-16)14-6-5-13-3-2-4-15(13)11-14/h5-6,11-12,16-17H,2-4,7-10H2,1H3. The van der Waals surface area contributed by atoms with E-state index in [-0.39, 0.29) is 0 Å². The molecule has 0 saturated carbocycles. The SMILES string of the molecule is CC(NC1CCSCC1)c1ccc2c(c1)CCC2. The zero-order chi connectivity index (χ0) is 12.4. The van der Waals surface area contributed by atoms with Crippen molar-refractivity contribution in [3.63, 3.8) is 0 Å². The molecule has 0 aromatic heterocycles. The second-order valence-corrected chi connectivity index (χ2v) is 6.88. The highest BCUT2D eigenvalue weighted by Gasteiger charge is 2.18. The zero-order valence-corrected chi connectivity index (χ0v) is 12.1. The summed E-state index contributed by atoms with van der Waals surface area (Å²) >= 11 is 2.10. The van der Waals surface area contributed by atoms with Gasteiger partial charge in [0.15, 0.2) is 0 Å². The van der Waals surface area contributed by atoms with E-state index in [1.54, 1.807) is 11.1 Å². The van der Waals surface area contributed by atoms with Crippen LogP contribution in [0.4, 0.5) is 0 Å². The largest absolute Gasteiger partial charge is 0.307 e. The summed E-state index contributed by atoms with van der Waals surface area (Å²) in [6.45, 7) is 2.32. The Balaban J connectivity index is 1.66. The Hall–Kier alpha value is -0.470. The summed E-state index contributed by atoms with van der Waals surface area (Å²) in [7, 11) is 0. The molecule has 2 heteroatoms. The van der Waals surface area contributed by atoms with Gasteiger partial charge in [0.2, 0.25) is 0 Å². The highest BCUT2D eigenvalue weighted by atomic mass is 32.2. The quantitative estimate of drug-likeness (QED) is 0.890.